The van der Waals surface area contributed by atoms with Gasteiger partial charge in [-0.25, -0.2) is 4.79 Å². The van der Waals surface area contributed by atoms with E-state index in [-0.39, 0.29) is 63.8 Å². The van der Waals surface area contributed by atoms with Crippen molar-refractivity contribution in [3.63, 3.8) is 0 Å². The summed E-state index contributed by atoms with van der Waals surface area (Å²) in [5.41, 5.74) is 2.40. The lowest BCUT2D eigenvalue weighted by molar-refractivity contribution is -0.161. The number of nitrogens with one attached hydrogen (secondary N) is 3. The molecule has 0 saturated carbocycles. The lowest BCUT2D eigenvalue weighted by Gasteiger charge is -2.31. The Hall–Kier alpha value is -4.06. The molecule has 276 valence electrons. The molecule has 0 aliphatic rings. The Kier molecular flexibility index (Phi) is 19.9. The minimum absolute atomic E-state index is 0. The summed E-state index contributed by atoms with van der Waals surface area (Å²) >= 11 is 0. The highest BCUT2D eigenvalue weighted by atomic mass is 32.1. The summed E-state index contributed by atoms with van der Waals surface area (Å²) in [4.78, 5) is 42.0. The fourth-order valence-corrected chi connectivity index (χ4v) is 5.08. The summed E-state index contributed by atoms with van der Waals surface area (Å²) in [5, 5.41) is 8.60. The molecular formula is C39H58N4O6S. The Bertz CT molecular complexity index is 1400. The van der Waals surface area contributed by atoms with Gasteiger partial charge in [0, 0.05) is 45.2 Å². The smallest absolute Gasteiger partial charge is 0.315 e. The quantitative estimate of drug-likeness (QED) is 0.133. The minimum Gasteiger partial charge on any atom is -0.488 e. The number of carbonyl (C=O) groups excluding carboxylic acids is 3. The van der Waals surface area contributed by atoms with E-state index in [9.17, 15) is 14.4 Å². The normalized spacial score (nSPS) is 12.1. The first-order valence-corrected chi connectivity index (χ1v) is 16.7. The molecule has 0 saturated heterocycles. The molecule has 11 heteroatoms. The molecule has 0 aliphatic carbocycles. The van der Waals surface area contributed by atoms with Gasteiger partial charge in [0.05, 0.1) is 6.54 Å². The van der Waals surface area contributed by atoms with Crippen LogP contribution in [-0.4, -0.2) is 66.5 Å². The number of hydrogen-bond acceptors (Lipinski definition) is 6. The molecule has 3 rings (SSSR count). The summed E-state index contributed by atoms with van der Waals surface area (Å²) in [6.07, 6.45) is -0.393. The van der Waals surface area contributed by atoms with Crippen LogP contribution in [0, 0.1) is 0 Å². The molecule has 3 aromatic rings. The highest BCUT2D eigenvalue weighted by Gasteiger charge is 2.29. The van der Waals surface area contributed by atoms with Crippen LogP contribution in [0.15, 0.2) is 84.9 Å². The lowest BCUT2D eigenvalue weighted by Crippen LogP contribution is -2.52. The van der Waals surface area contributed by atoms with E-state index in [1.807, 2.05) is 120 Å². The number of nitrogens with zero attached hydrogens (tertiary/aromatic N) is 1. The first kappa shape index (κ1) is 44.0. The zero-order valence-corrected chi connectivity index (χ0v) is 30.7. The molecule has 0 radical (unpaired) electrons. The Balaban J connectivity index is 0.00000625. The number of rotatable bonds is 18. The molecule has 3 N–H and O–H groups in total. The van der Waals surface area contributed by atoms with Crippen molar-refractivity contribution in [2.24, 2.45) is 0 Å². The second kappa shape index (κ2) is 22.6. The van der Waals surface area contributed by atoms with Gasteiger partial charge in [-0.3, -0.25) is 9.59 Å². The molecule has 0 fully saturated rings. The maximum atomic E-state index is 14.4. The zero-order valence-electron chi connectivity index (χ0n) is 29.7. The third kappa shape index (κ3) is 16.6. The second-order valence-electron chi connectivity index (χ2n) is 12.6. The summed E-state index contributed by atoms with van der Waals surface area (Å²) in [7, 11) is 0. The summed E-state index contributed by atoms with van der Waals surface area (Å²) in [6, 6.07) is 25.0. The zero-order chi connectivity index (χ0) is 34.9. The summed E-state index contributed by atoms with van der Waals surface area (Å²) in [5.74, 6) is 0.0844. The molecule has 0 aromatic heterocycles. The summed E-state index contributed by atoms with van der Waals surface area (Å²) in [6.45, 7) is 13.1. The third-order valence-corrected chi connectivity index (χ3v) is 7.19. The molecule has 4 amide bonds. The van der Waals surface area contributed by atoms with Crippen LogP contribution in [-0.2, 0) is 38.6 Å². The molecule has 2 atom stereocenters. The largest absolute Gasteiger partial charge is 0.488 e. The molecule has 0 spiro atoms. The van der Waals surface area contributed by atoms with Crippen LogP contribution in [0.1, 0.15) is 72.1 Å². The summed E-state index contributed by atoms with van der Waals surface area (Å²) < 4.78 is 17.6. The number of ether oxygens (including phenoxy) is 3. The Morgan fingerprint density at radius 2 is 1.34 bits per heavy atom. The second-order valence-corrected chi connectivity index (χ2v) is 12.6. The Morgan fingerprint density at radius 1 is 0.780 bits per heavy atom. The highest BCUT2D eigenvalue weighted by Crippen LogP contribution is 2.20. The van der Waals surface area contributed by atoms with Gasteiger partial charge in [-0.05, 0) is 70.4 Å². The number of benzene rings is 3. The minimum atomic E-state index is -0.890. The molecule has 0 unspecified atom stereocenters. The van der Waals surface area contributed by atoms with Crippen molar-refractivity contribution in [2.75, 3.05) is 19.8 Å². The van der Waals surface area contributed by atoms with Crippen molar-refractivity contribution in [2.45, 2.75) is 98.9 Å². The number of hydrogen-bond donors (Lipinski definition) is 3. The molecule has 3 aromatic carbocycles. The predicted molar refractivity (Wildman–Crippen MR) is 204 cm³/mol. The van der Waals surface area contributed by atoms with E-state index in [1.54, 1.807) is 11.8 Å². The standard InChI is InChI=1S/C38H52N4O6.CH4.H2S/c1-7-46-35(47-8-2)27-42(26-31-17-13-10-14-18-31)36(44)33(24-29-19-21-32(22-20-29)48-38(4,5)6)41-34(43)23-28(3)40-37(45)39-25-30-15-11-9-12-16-30;;/h9-22,28,33,35H,7-8,23-27H2,1-6H3,(H,41,43)(H2,39,40,45);1H4;1H2/t28-,33+;;/m1../s1. The molecule has 0 aliphatic heterocycles. The maximum absolute atomic E-state index is 14.4. The average molecular weight is 711 g/mol. The number of carbonyl (C=O) groups is 3. The van der Waals surface area contributed by atoms with Crippen molar-refractivity contribution in [1.82, 2.24) is 20.9 Å². The highest BCUT2D eigenvalue weighted by molar-refractivity contribution is 7.59. The van der Waals surface area contributed by atoms with Gasteiger partial charge in [-0.15, -0.1) is 0 Å². The van der Waals surface area contributed by atoms with Crippen LogP contribution in [0.2, 0.25) is 0 Å². The van der Waals surface area contributed by atoms with Gasteiger partial charge in [-0.1, -0.05) is 80.2 Å². The molecule has 0 heterocycles. The van der Waals surface area contributed by atoms with Gasteiger partial charge >= 0.3 is 6.03 Å². The van der Waals surface area contributed by atoms with Gasteiger partial charge in [0.25, 0.3) is 0 Å². The van der Waals surface area contributed by atoms with Gasteiger partial charge in [-0.2, -0.15) is 13.5 Å². The van der Waals surface area contributed by atoms with Gasteiger partial charge in [0.1, 0.15) is 17.4 Å². The average Bonchev–Trinajstić information content (AvgIpc) is 3.04. The van der Waals surface area contributed by atoms with Crippen molar-refractivity contribution >= 4 is 31.3 Å². The van der Waals surface area contributed by atoms with E-state index in [2.05, 4.69) is 16.0 Å². The van der Waals surface area contributed by atoms with Crippen LogP contribution < -0.4 is 20.7 Å². The monoisotopic (exact) mass is 710 g/mol. The van der Waals surface area contributed by atoms with Gasteiger partial charge in [0.2, 0.25) is 11.8 Å². The molecular weight excluding hydrogens is 653 g/mol. The van der Waals surface area contributed by atoms with Crippen LogP contribution in [0.25, 0.3) is 0 Å². The van der Waals surface area contributed by atoms with Crippen LogP contribution in [0.3, 0.4) is 0 Å². The first-order chi connectivity index (χ1) is 23.0. The van der Waals surface area contributed by atoms with Gasteiger partial charge in [0.15, 0.2) is 6.29 Å². The van der Waals surface area contributed by atoms with E-state index in [0.717, 1.165) is 16.7 Å². The Morgan fingerprint density at radius 3 is 1.88 bits per heavy atom. The first-order valence-electron chi connectivity index (χ1n) is 16.7. The lowest BCUT2D eigenvalue weighted by atomic mass is 10.0. The fraction of sp³-hybridized carbons (Fsp3) is 0.462. The van der Waals surface area contributed by atoms with Crippen LogP contribution in [0.5, 0.6) is 5.75 Å². The predicted octanol–water partition coefficient (Wildman–Crippen LogP) is 6.35. The third-order valence-electron chi connectivity index (χ3n) is 7.19. The van der Waals surface area contributed by atoms with E-state index < -0.39 is 18.4 Å². The maximum Gasteiger partial charge on any atom is 0.315 e. The number of amides is 4. The van der Waals surface area contributed by atoms with Crippen molar-refractivity contribution < 1.29 is 28.6 Å². The van der Waals surface area contributed by atoms with Crippen LogP contribution in [0.4, 0.5) is 4.79 Å². The van der Waals surface area contributed by atoms with Crippen LogP contribution >= 0.6 is 13.5 Å². The molecule has 0 bridgehead atoms. The van der Waals surface area contributed by atoms with E-state index in [1.165, 1.54) is 0 Å². The van der Waals surface area contributed by atoms with E-state index >= 15 is 0 Å². The van der Waals surface area contributed by atoms with Gasteiger partial charge < -0.3 is 35.1 Å². The van der Waals surface area contributed by atoms with Crippen molar-refractivity contribution in [3.8, 4) is 5.75 Å². The molecule has 50 heavy (non-hydrogen) atoms. The molecule has 10 nitrogen and oxygen atoms in total. The van der Waals surface area contributed by atoms with Crippen molar-refractivity contribution in [3.05, 3.63) is 102 Å². The Labute approximate surface area is 306 Å². The van der Waals surface area contributed by atoms with E-state index in [4.69, 9.17) is 14.2 Å². The SMILES string of the molecule is C.CCOC(CN(Cc1ccccc1)C(=O)[C@H](Cc1ccc(OC(C)(C)C)cc1)NC(=O)C[C@@H](C)NC(=O)NCc1ccccc1)OCC.S. The van der Waals surface area contributed by atoms with E-state index in [0.29, 0.717) is 32.1 Å². The number of urea groups is 1. The van der Waals surface area contributed by atoms with Crippen molar-refractivity contribution in [1.29, 1.82) is 0 Å². The fourth-order valence-electron chi connectivity index (χ4n) is 5.08. The topological polar surface area (TPSA) is 118 Å².